The lowest BCUT2D eigenvalue weighted by atomic mass is 10.2. The minimum atomic E-state index is -0.833. The van der Waals surface area contributed by atoms with Crippen molar-refractivity contribution in [1.29, 1.82) is 0 Å². The van der Waals surface area contributed by atoms with E-state index in [1.165, 1.54) is 12.8 Å². The van der Waals surface area contributed by atoms with Crippen molar-refractivity contribution in [3.05, 3.63) is 12.2 Å². The molecule has 0 atom stereocenters. The number of carboxylic acid groups (broad SMARTS) is 1. The van der Waals surface area contributed by atoms with E-state index < -0.39 is 5.97 Å². The van der Waals surface area contributed by atoms with Gasteiger partial charge in [-0.05, 0) is 12.8 Å². The monoisotopic (exact) mass is 244 g/mol. The summed E-state index contributed by atoms with van der Waals surface area (Å²) in [6.45, 7) is 9.30. The topological polar surface area (TPSA) is 63.6 Å². The van der Waals surface area contributed by atoms with Crippen LogP contribution in [-0.2, 0) is 14.3 Å². The molecule has 1 N–H and O–H groups in total. The Bertz CT molecular complexity index is 230. The highest BCUT2D eigenvalue weighted by molar-refractivity contribution is 5.87. The van der Waals surface area contributed by atoms with Crippen LogP contribution in [-0.4, -0.2) is 23.7 Å². The molecule has 0 aliphatic carbocycles. The third-order valence-electron chi connectivity index (χ3n) is 1.95. The first-order valence-corrected chi connectivity index (χ1v) is 6.00. The fourth-order valence-corrected chi connectivity index (χ4v) is 0.940. The molecule has 17 heavy (non-hydrogen) atoms. The molecule has 0 radical (unpaired) electrons. The zero-order valence-electron chi connectivity index (χ0n) is 11.1. The van der Waals surface area contributed by atoms with Crippen molar-refractivity contribution < 1.29 is 19.4 Å². The zero-order valence-corrected chi connectivity index (χ0v) is 11.1. The number of carbonyl (C=O) groups excluding carboxylic acids is 1. The fraction of sp³-hybridized carbons (Fsp3) is 0.692. The summed E-state index contributed by atoms with van der Waals surface area (Å²) in [5.74, 6) is -1.07. The van der Waals surface area contributed by atoms with Crippen molar-refractivity contribution in [2.75, 3.05) is 6.61 Å². The van der Waals surface area contributed by atoms with E-state index in [9.17, 15) is 4.79 Å². The quantitative estimate of drug-likeness (QED) is 0.424. The molecule has 0 saturated carbocycles. The van der Waals surface area contributed by atoms with Gasteiger partial charge in [0.2, 0.25) is 0 Å². The second kappa shape index (κ2) is 12.7. The van der Waals surface area contributed by atoms with Crippen LogP contribution in [0.2, 0.25) is 0 Å². The van der Waals surface area contributed by atoms with E-state index in [-0.39, 0.29) is 5.97 Å². The van der Waals surface area contributed by atoms with Crippen molar-refractivity contribution in [2.45, 2.75) is 52.9 Å². The van der Waals surface area contributed by atoms with Crippen molar-refractivity contribution in [1.82, 2.24) is 0 Å². The van der Waals surface area contributed by atoms with Crippen LogP contribution in [0.5, 0.6) is 0 Å². The lowest BCUT2D eigenvalue weighted by Crippen LogP contribution is -2.07. The van der Waals surface area contributed by atoms with Gasteiger partial charge in [-0.2, -0.15) is 0 Å². The van der Waals surface area contributed by atoms with Gasteiger partial charge in [0.25, 0.3) is 5.97 Å². The highest BCUT2D eigenvalue weighted by atomic mass is 16.5. The molecule has 0 aromatic carbocycles. The molecule has 0 unspecified atom stereocenters. The summed E-state index contributed by atoms with van der Waals surface area (Å²) < 4.78 is 5.00. The van der Waals surface area contributed by atoms with Gasteiger partial charge in [0.05, 0.1) is 6.61 Å². The van der Waals surface area contributed by atoms with Crippen molar-refractivity contribution in [3.8, 4) is 0 Å². The number of rotatable bonds is 7. The Morgan fingerprint density at radius 3 is 2.12 bits per heavy atom. The third-order valence-corrected chi connectivity index (χ3v) is 1.95. The van der Waals surface area contributed by atoms with Crippen molar-refractivity contribution >= 4 is 11.9 Å². The minimum absolute atomic E-state index is 0.237. The fourth-order valence-electron chi connectivity index (χ4n) is 0.940. The van der Waals surface area contributed by atoms with Crippen LogP contribution in [0.25, 0.3) is 0 Å². The van der Waals surface area contributed by atoms with Crippen LogP contribution in [0.1, 0.15) is 52.9 Å². The minimum Gasteiger partial charge on any atom is -0.481 e. The Balaban J connectivity index is 0. The Morgan fingerprint density at radius 2 is 1.71 bits per heavy atom. The second-order valence-electron chi connectivity index (χ2n) is 3.67. The second-order valence-corrected chi connectivity index (χ2v) is 3.67. The summed E-state index contributed by atoms with van der Waals surface area (Å²) >= 11 is 0. The molecule has 0 aliphatic rings. The largest absolute Gasteiger partial charge is 0.481 e. The highest BCUT2D eigenvalue weighted by Crippen LogP contribution is 2.03. The van der Waals surface area contributed by atoms with Crippen LogP contribution in [0.4, 0.5) is 0 Å². The summed E-state index contributed by atoms with van der Waals surface area (Å²) in [4.78, 5) is 20.1. The average Bonchev–Trinajstić information content (AvgIpc) is 2.26. The maximum Gasteiger partial charge on any atom is 0.333 e. The summed E-state index contributed by atoms with van der Waals surface area (Å²) in [7, 11) is 0. The predicted octanol–water partition coefficient (Wildman–Crippen LogP) is 3.17. The molecule has 4 nitrogen and oxygen atoms in total. The van der Waals surface area contributed by atoms with Gasteiger partial charge in [-0.3, -0.25) is 4.79 Å². The van der Waals surface area contributed by atoms with Gasteiger partial charge in [0, 0.05) is 12.5 Å². The molecule has 4 heteroatoms. The molecule has 0 rings (SSSR count). The number of carboxylic acids is 1. The summed E-state index contributed by atoms with van der Waals surface area (Å²) in [5.41, 5.74) is 0.565. The first kappa shape index (κ1) is 18.1. The Morgan fingerprint density at radius 1 is 1.18 bits per heavy atom. The first-order valence-electron chi connectivity index (χ1n) is 6.00. The van der Waals surface area contributed by atoms with Crippen LogP contribution in [0, 0.1) is 0 Å². The molecule has 100 valence electrons. The van der Waals surface area contributed by atoms with E-state index in [0.717, 1.165) is 19.8 Å². The average molecular weight is 244 g/mol. The van der Waals surface area contributed by atoms with Gasteiger partial charge in [-0.1, -0.05) is 39.7 Å². The van der Waals surface area contributed by atoms with Crippen LogP contribution < -0.4 is 0 Å². The smallest absolute Gasteiger partial charge is 0.333 e. The van der Waals surface area contributed by atoms with E-state index >= 15 is 0 Å². The Kier molecular flexibility index (Phi) is 13.5. The molecule has 0 amide bonds. The normalized spacial score (nSPS) is 8.88. The molecular formula is C13H24O4. The molecule has 0 aromatic rings. The summed E-state index contributed by atoms with van der Waals surface area (Å²) in [6, 6.07) is 0. The van der Waals surface area contributed by atoms with Crippen molar-refractivity contribution in [3.63, 3.8) is 0 Å². The lowest BCUT2D eigenvalue weighted by Gasteiger charge is -2.04. The SMILES string of the molecule is C=C(CC)C(=O)OCCCCCC.CC(=O)O. The van der Waals surface area contributed by atoms with E-state index in [1.807, 2.05) is 6.92 Å². The maximum absolute atomic E-state index is 11.1. The summed E-state index contributed by atoms with van der Waals surface area (Å²) in [6.07, 6.45) is 5.20. The standard InChI is InChI=1S/C11H20O2.C2H4O2/c1-4-6-7-8-9-13-11(12)10(3)5-2;1-2(3)4/h3-9H2,1-2H3;1H3,(H,3,4). The molecule has 0 aliphatic heterocycles. The third kappa shape index (κ3) is 17.3. The predicted molar refractivity (Wildman–Crippen MR) is 67.8 cm³/mol. The molecular weight excluding hydrogens is 220 g/mol. The van der Waals surface area contributed by atoms with E-state index in [0.29, 0.717) is 18.6 Å². The number of aliphatic carboxylic acids is 1. The molecule has 0 fully saturated rings. The maximum atomic E-state index is 11.1. The van der Waals surface area contributed by atoms with Crippen LogP contribution >= 0.6 is 0 Å². The van der Waals surface area contributed by atoms with E-state index in [4.69, 9.17) is 14.6 Å². The molecule has 0 bridgehead atoms. The van der Waals surface area contributed by atoms with Crippen LogP contribution in [0.3, 0.4) is 0 Å². The van der Waals surface area contributed by atoms with Gasteiger partial charge in [-0.15, -0.1) is 0 Å². The zero-order chi connectivity index (χ0) is 13.7. The first-order chi connectivity index (χ1) is 7.95. The number of esters is 1. The molecule has 0 spiro atoms. The van der Waals surface area contributed by atoms with Crippen molar-refractivity contribution in [2.24, 2.45) is 0 Å². The van der Waals surface area contributed by atoms with Gasteiger partial charge >= 0.3 is 5.97 Å². The number of ether oxygens (including phenoxy) is 1. The molecule has 0 saturated heterocycles. The molecule has 0 heterocycles. The highest BCUT2D eigenvalue weighted by Gasteiger charge is 2.04. The van der Waals surface area contributed by atoms with Gasteiger partial charge in [0.15, 0.2) is 0 Å². The van der Waals surface area contributed by atoms with E-state index in [2.05, 4.69) is 13.5 Å². The number of hydrogen-bond acceptors (Lipinski definition) is 3. The number of carbonyl (C=O) groups is 2. The van der Waals surface area contributed by atoms with E-state index in [1.54, 1.807) is 0 Å². The van der Waals surface area contributed by atoms with Gasteiger partial charge < -0.3 is 9.84 Å². The summed E-state index contributed by atoms with van der Waals surface area (Å²) in [5, 5.41) is 7.42. The number of hydrogen-bond donors (Lipinski definition) is 1. The molecule has 0 aromatic heterocycles. The Labute approximate surface area is 104 Å². The number of unbranched alkanes of at least 4 members (excludes halogenated alkanes) is 3. The van der Waals surface area contributed by atoms with Gasteiger partial charge in [0.1, 0.15) is 0 Å². The van der Waals surface area contributed by atoms with Gasteiger partial charge in [-0.25, -0.2) is 4.79 Å². The lowest BCUT2D eigenvalue weighted by molar-refractivity contribution is -0.139. The Hall–Kier alpha value is -1.32. The van der Waals surface area contributed by atoms with Crippen LogP contribution in [0.15, 0.2) is 12.2 Å².